The molecule has 0 spiro atoms. The average Bonchev–Trinajstić information content (AvgIpc) is 2.82. The van der Waals surface area contributed by atoms with Crippen LogP contribution in [0.1, 0.15) is 5.56 Å². The third-order valence-electron chi connectivity index (χ3n) is 5.09. The second-order valence-corrected chi connectivity index (χ2v) is 7.13. The van der Waals surface area contributed by atoms with Gasteiger partial charge in [-0.15, -0.1) is 0 Å². The fraction of sp³-hybridized carbons (Fsp3) is 0.0400. The second-order valence-electron chi connectivity index (χ2n) is 7.13. The molecule has 3 aromatic rings. The lowest BCUT2D eigenvalue weighted by atomic mass is 9.99. The Morgan fingerprint density at radius 2 is 1.50 bits per heavy atom. The zero-order chi connectivity index (χ0) is 22.6. The summed E-state index contributed by atoms with van der Waals surface area (Å²) < 4.78 is 0. The van der Waals surface area contributed by atoms with Crippen molar-refractivity contribution in [2.45, 2.75) is 5.79 Å². The molecule has 0 aromatic heterocycles. The van der Waals surface area contributed by atoms with Crippen LogP contribution in [0.3, 0.4) is 0 Å². The summed E-state index contributed by atoms with van der Waals surface area (Å²) in [5.41, 5.74) is 9.02. The molecule has 1 atom stereocenters. The van der Waals surface area contributed by atoms with Gasteiger partial charge in [0.15, 0.2) is 5.57 Å². The van der Waals surface area contributed by atoms with Crippen LogP contribution in [-0.4, -0.2) is 5.11 Å². The number of nitriles is 2. The summed E-state index contributed by atoms with van der Waals surface area (Å²) in [4.78, 5) is 1.82. The number of para-hydroxylation sites is 1. The van der Waals surface area contributed by atoms with E-state index in [-0.39, 0.29) is 11.3 Å². The largest absolute Gasteiger partial charge is 0.508 e. The molecule has 3 aromatic carbocycles. The van der Waals surface area contributed by atoms with E-state index < -0.39 is 5.79 Å². The van der Waals surface area contributed by atoms with Gasteiger partial charge in [0.2, 0.25) is 5.79 Å². The zero-order valence-corrected chi connectivity index (χ0v) is 17.0. The predicted molar refractivity (Wildman–Crippen MR) is 122 cm³/mol. The highest BCUT2D eigenvalue weighted by atomic mass is 16.3. The lowest BCUT2D eigenvalue weighted by Gasteiger charge is -2.49. The number of anilines is 2. The molecular weight excluding hydrogens is 400 g/mol. The Hall–Kier alpha value is -4.88. The van der Waals surface area contributed by atoms with Gasteiger partial charge in [-0.2, -0.15) is 10.5 Å². The highest BCUT2D eigenvalue weighted by Crippen LogP contribution is 2.39. The highest BCUT2D eigenvalue weighted by molar-refractivity contribution is 5.65. The van der Waals surface area contributed by atoms with Crippen LogP contribution in [-0.2, 0) is 5.79 Å². The minimum atomic E-state index is -1.19. The van der Waals surface area contributed by atoms with E-state index in [2.05, 4.69) is 10.6 Å². The first-order valence-corrected chi connectivity index (χ1v) is 9.85. The van der Waals surface area contributed by atoms with Crippen LogP contribution in [0.5, 0.6) is 5.75 Å². The molecular formula is C25H20N6O. The van der Waals surface area contributed by atoms with Gasteiger partial charge in [0.25, 0.3) is 0 Å². The highest BCUT2D eigenvalue weighted by Gasteiger charge is 2.44. The van der Waals surface area contributed by atoms with Crippen LogP contribution in [0, 0.1) is 22.7 Å². The number of hydrogen-bond donors (Lipinski definition) is 4. The third kappa shape index (κ3) is 3.67. The Bertz CT molecular complexity index is 1240. The maximum atomic E-state index is 9.81. The minimum absolute atomic E-state index is 0.0894. The van der Waals surface area contributed by atoms with Gasteiger partial charge in [0, 0.05) is 23.0 Å². The van der Waals surface area contributed by atoms with E-state index in [0.29, 0.717) is 17.2 Å². The molecule has 0 radical (unpaired) electrons. The molecule has 156 valence electrons. The normalized spacial score (nSPS) is 17.4. The van der Waals surface area contributed by atoms with Crippen LogP contribution in [0.15, 0.2) is 108 Å². The Labute approximate surface area is 185 Å². The number of hydrogen-bond acceptors (Lipinski definition) is 7. The standard InChI is InChI=1S/C25H20N6O/c26-16-18(17-27)23-15-24(28)31(21-11-13-22(32)14-12-21)25(30-23,19-7-3-1-4-8-19)29-20-9-5-2-6-10-20/h1-15,29-30,32H,28H2. The second kappa shape index (κ2) is 8.47. The molecule has 1 heterocycles. The number of phenolic OH excluding ortho intramolecular Hbond substituents is 1. The molecule has 1 unspecified atom stereocenters. The third-order valence-corrected chi connectivity index (χ3v) is 5.09. The quantitative estimate of drug-likeness (QED) is 0.473. The van der Waals surface area contributed by atoms with E-state index in [1.807, 2.05) is 77.7 Å². The molecule has 0 bridgehead atoms. The summed E-state index contributed by atoms with van der Waals surface area (Å²) in [6.07, 6.45) is 1.56. The van der Waals surface area contributed by atoms with Crippen molar-refractivity contribution in [1.82, 2.24) is 5.32 Å². The van der Waals surface area contributed by atoms with Gasteiger partial charge in [0.1, 0.15) is 23.7 Å². The molecule has 7 heteroatoms. The van der Waals surface area contributed by atoms with Gasteiger partial charge in [-0.25, -0.2) is 0 Å². The fourth-order valence-electron chi connectivity index (χ4n) is 3.69. The first-order chi connectivity index (χ1) is 15.6. The van der Waals surface area contributed by atoms with Crippen LogP contribution >= 0.6 is 0 Å². The lowest BCUT2D eigenvalue weighted by molar-refractivity contribution is 0.404. The number of nitrogens with one attached hydrogen (secondary N) is 2. The first kappa shape index (κ1) is 20.4. The smallest absolute Gasteiger partial charge is 0.220 e. The van der Waals surface area contributed by atoms with Crippen molar-refractivity contribution in [3.05, 3.63) is 114 Å². The van der Waals surface area contributed by atoms with Crippen molar-refractivity contribution < 1.29 is 5.11 Å². The van der Waals surface area contributed by atoms with Crippen LogP contribution in [0.2, 0.25) is 0 Å². The number of rotatable bonds is 4. The molecule has 1 aliphatic heterocycles. The summed E-state index contributed by atoms with van der Waals surface area (Å²) in [7, 11) is 0. The Morgan fingerprint density at radius 1 is 0.906 bits per heavy atom. The number of phenols is 1. The van der Waals surface area contributed by atoms with Gasteiger partial charge in [-0.1, -0.05) is 48.5 Å². The van der Waals surface area contributed by atoms with E-state index in [4.69, 9.17) is 5.73 Å². The molecule has 5 N–H and O–H groups in total. The minimum Gasteiger partial charge on any atom is -0.508 e. The summed E-state index contributed by atoms with van der Waals surface area (Å²) in [6.45, 7) is 0. The first-order valence-electron chi connectivity index (χ1n) is 9.85. The molecule has 0 saturated heterocycles. The number of allylic oxidation sites excluding steroid dienone is 2. The van der Waals surface area contributed by atoms with Crippen molar-refractivity contribution in [3.8, 4) is 17.9 Å². The molecule has 32 heavy (non-hydrogen) atoms. The molecule has 0 saturated carbocycles. The number of benzene rings is 3. The van der Waals surface area contributed by atoms with E-state index >= 15 is 0 Å². The van der Waals surface area contributed by atoms with Gasteiger partial charge in [-0.05, 0) is 36.4 Å². The van der Waals surface area contributed by atoms with Crippen molar-refractivity contribution in [2.75, 3.05) is 10.2 Å². The van der Waals surface area contributed by atoms with E-state index in [1.54, 1.807) is 30.3 Å². The molecule has 0 amide bonds. The summed E-state index contributed by atoms with van der Waals surface area (Å²) in [5.74, 6) is -0.758. The summed E-state index contributed by atoms with van der Waals surface area (Å²) >= 11 is 0. The van der Waals surface area contributed by atoms with Crippen molar-refractivity contribution in [1.29, 1.82) is 10.5 Å². The fourth-order valence-corrected chi connectivity index (χ4v) is 3.69. The average molecular weight is 420 g/mol. The van der Waals surface area contributed by atoms with E-state index in [0.717, 1.165) is 11.3 Å². The Kier molecular flexibility index (Phi) is 5.40. The van der Waals surface area contributed by atoms with Gasteiger partial charge in [-0.3, -0.25) is 4.90 Å². The number of aromatic hydroxyl groups is 1. The topological polar surface area (TPSA) is 121 Å². The maximum Gasteiger partial charge on any atom is 0.220 e. The van der Waals surface area contributed by atoms with E-state index in [1.165, 1.54) is 0 Å². The SMILES string of the molecule is N#CC(C#N)=C1C=C(N)N(c2ccc(O)cc2)C(Nc2ccccc2)(c2ccccc2)N1. The van der Waals surface area contributed by atoms with Crippen LogP contribution in [0.25, 0.3) is 0 Å². The van der Waals surface area contributed by atoms with Crippen molar-refractivity contribution in [3.63, 3.8) is 0 Å². The Balaban J connectivity index is 2.02. The maximum absolute atomic E-state index is 9.81. The van der Waals surface area contributed by atoms with Crippen LogP contribution in [0.4, 0.5) is 11.4 Å². The molecule has 1 aliphatic rings. The summed E-state index contributed by atoms with van der Waals surface area (Å²) in [5, 5.41) is 35.7. The molecule has 7 nitrogen and oxygen atoms in total. The molecule has 0 fully saturated rings. The Morgan fingerprint density at radius 3 is 2.09 bits per heavy atom. The van der Waals surface area contributed by atoms with E-state index in [9.17, 15) is 15.6 Å². The monoisotopic (exact) mass is 420 g/mol. The van der Waals surface area contributed by atoms with Crippen LogP contribution < -0.4 is 21.3 Å². The van der Waals surface area contributed by atoms with Gasteiger partial charge >= 0.3 is 0 Å². The number of nitrogens with two attached hydrogens (primary N) is 1. The van der Waals surface area contributed by atoms with Gasteiger partial charge < -0.3 is 21.5 Å². The zero-order valence-electron chi connectivity index (χ0n) is 17.0. The van der Waals surface area contributed by atoms with Crippen molar-refractivity contribution in [2.24, 2.45) is 5.73 Å². The van der Waals surface area contributed by atoms with Crippen molar-refractivity contribution >= 4 is 11.4 Å². The molecule has 0 aliphatic carbocycles. The molecule has 4 rings (SSSR count). The summed E-state index contributed by atoms with van der Waals surface area (Å²) in [6, 6.07) is 29.6. The van der Waals surface area contributed by atoms with Gasteiger partial charge in [0.05, 0.1) is 5.70 Å². The number of nitrogens with zero attached hydrogens (tertiary/aromatic N) is 3. The predicted octanol–water partition coefficient (Wildman–Crippen LogP) is 3.83. The lowest BCUT2D eigenvalue weighted by Crippen LogP contribution is -2.64.